The summed E-state index contributed by atoms with van der Waals surface area (Å²) in [5.74, 6) is 0.868. The SMILES string of the molecule is C/C(=N\c1ccccc1C(C)C)c1sc(/C(C)=N/c2ccccc2C(C)C)c2ccccc12. The third-order valence-electron chi connectivity index (χ3n) is 5.97. The van der Waals surface area contributed by atoms with E-state index in [0.29, 0.717) is 11.8 Å². The van der Waals surface area contributed by atoms with Gasteiger partial charge in [-0.25, -0.2) is 0 Å². The molecule has 0 saturated carbocycles. The molecule has 0 aliphatic rings. The van der Waals surface area contributed by atoms with E-state index in [1.807, 2.05) is 0 Å². The van der Waals surface area contributed by atoms with E-state index >= 15 is 0 Å². The second kappa shape index (κ2) is 9.84. The molecular weight excluding hydrogens is 420 g/mol. The van der Waals surface area contributed by atoms with Crippen LogP contribution in [0.1, 0.15) is 74.3 Å². The molecule has 33 heavy (non-hydrogen) atoms. The first-order valence-corrected chi connectivity index (χ1v) is 12.5. The minimum Gasteiger partial charge on any atom is -0.252 e. The van der Waals surface area contributed by atoms with Gasteiger partial charge in [0.1, 0.15) is 0 Å². The number of fused-ring (bicyclic) bond motifs is 1. The molecule has 168 valence electrons. The van der Waals surface area contributed by atoms with Crippen molar-refractivity contribution in [3.8, 4) is 0 Å². The summed E-state index contributed by atoms with van der Waals surface area (Å²) in [5.41, 5.74) is 6.76. The van der Waals surface area contributed by atoms with Crippen LogP contribution >= 0.6 is 11.3 Å². The Hall–Kier alpha value is -3.04. The van der Waals surface area contributed by atoms with Crippen molar-refractivity contribution >= 4 is 44.9 Å². The average Bonchev–Trinajstić information content (AvgIpc) is 3.19. The van der Waals surface area contributed by atoms with Gasteiger partial charge >= 0.3 is 0 Å². The minimum atomic E-state index is 0.434. The maximum absolute atomic E-state index is 5.08. The van der Waals surface area contributed by atoms with Crippen molar-refractivity contribution in [1.29, 1.82) is 0 Å². The highest BCUT2D eigenvalue weighted by molar-refractivity contribution is 7.18. The van der Waals surface area contributed by atoms with Gasteiger partial charge in [-0.15, -0.1) is 11.3 Å². The van der Waals surface area contributed by atoms with Crippen molar-refractivity contribution in [2.45, 2.75) is 53.4 Å². The summed E-state index contributed by atoms with van der Waals surface area (Å²) in [4.78, 5) is 12.6. The number of benzene rings is 3. The van der Waals surface area contributed by atoms with Gasteiger partial charge in [-0.2, -0.15) is 0 Å². The van der Waals surface area contributed by atoms with E-state index in [9.17, 15) is 0 Å². The third-order valence-corrected chi connectivity index (χ3v) is 7.41. The van der Waals surface area contributed by atoms with Crippen LogP contribution in [-0.2, 0) is 0 Å². The molecule has 2 nitrogen and oxygen atoms in total. The molecule has 0 radical (unpaired) electrons. The number of hydrogen-bond donors (Lipinski definition) is 0. The molecule has 3 aromatic carbocycles. The lowest BCUT2D eigenvalue weighted by atomic mass is 10.0. The van der Waals surface area contributed by atoms with Crippen LogP contribution in [0.4, 0.5) is 11.4 Å². The van der Waals surface area contributed by atoms with E-state index in [0.717, 1.165) is 22.8 Å². The number of nitrogens with zero attached hydrogens (tertiary/aromatic N) is 2. The molecule has 0 amide bonds. The first-order chi connectivity index (χ1) is 15.9. The number of para-hydroxylation sites is 2. The maximum Gasteiger partial charge on any atom is 0.0668 e. The zero-order valence-corrected chi connectivity index (χ0v) is 21.2. The van der Waals surface area contributed by atoms with Crippen LogP contribution in [0.3, 0.4) is 0 Å². The number of rotatable bonds is 6. The van der Waals surface area contributed by atoms with Gasteiger partial charge in [0.25, 0.3) is 0 Å². The molecular formula is C30H32N2S. The Labute approximate surface area is 201 Å². The zero-order valence-electron chi connectivity index (χ0n) is 20.4. The van der Waals surface area contributed by atoms with Gasteiger partial charge in [-0.1, -0.05) is 88.4 Å². The van der Waals surface area contributed by atoms with Crippen molar-refractivity contribution in [2.24, 2.45) is 9.98 Å². The molecule has 0 fully saturated rings. The van der Waals surface area contributed by atoms with E-state index in [1.165, 1.54) is 31.7 Å². The molecule has 0 bridgehead atoms. The quantitative estimate of drug-likeness (QED) is 0.260. The number of aliphatic imine (C=N–C) groups is 2. The molecule has 1 heterocycles. The van der Waals surface area contributed by atoms with Gasteiger partial charge < -0.3 is 0 Å². The Morgan fingerprint density at radius 2 is 0.939 bits per heavy atom. The molecule has 4 aromatic rings. The smallest absolute Gasteiger partial charge is 0.0668 e. The lowest BCUT2D eigenvalue weighted by Crippen LogP contribution is -1.94. The van der Waals surface area contributed by atoms with E-state index in [1.54, 1.807) is 11.3 Å². The Balaban J connectivity index is 1.83. The second-order valence-corrected chi connectivity index (χ2v) is 10.1. The Morgan fingerprint density at radius 1 is 0.576 bits per heavy atom. The first-order valence-electron chi connectivity index (χ1n) is 11.7. The van der Waals surface area contributed by atoms with Crippen molar-refractivity contribution in [1.82, 2.24) is 0 Å². The summed E-state index contributed by atoms with van der Waals surface area (Å²) in [7, 11) is 0. The molecule has 3 heteroatoms. The normalized spacial score (nSPS) is 12.8. The predicted octanol–water partition coefficient (Wildman–Crippen LogP) is 9.43. The van der Waals surface area contributed by atoms with Gasteiger partial charge in [0.2, 0.25) is 0 Å². The van der Waals surface area contributed by atoms with Crippen LogP contribution in [0.15, 0.2) is 82.8 Å². The zero-order chi connectivity index (χ0) is 23.5. The fraction of sp³-hybridized carbons (Fsp3) is 0.267. The van der Waals surface area contributed by atoms with Crippen molar-refractivity contribution in [3.05, 3.63) is 93.7 Å². The largest absolute Gasteiger partial charge is 0.252 e. The fourth-order valence-corrected chi connectivity index (χ4v) is 5.41. The monoisotopic (exact) mass is 452 g/mol. The second-order valence-electron chi connectivity index (χ2n) is 9.13. The molecule has 0 unspecified atom stereocenters. The third kappa shape index (κ3) is 4.84. The molecule has 1 aromatic heterocycles. The Kier molecular flexibility index (Phi) is 6.90. The summed E-state index contributed by atoms with van der Waals surface area (Å²) in [6.45, 7) is 13.1. The van der Waals surface area contributed by atoms with Crippen LogP contribution in [0.5, 0.6) is 0 Å². The van der Waals surface area contributed by atoms with Crippen LogP contribution in [0.25, 0.3) is 10.8 Å². The van der Waals surface area contributed by atoms with Gasteiger partial charge in [0.15, 0.2) is 0 Å². The summed E-state index contributed by atoms with van der Waals surface area (Å²) >= 11 is 1.79. The van der Waals surface area contributed by atoms with E-state index in [2.05, 4.69) is 114 Å². The fourth-order valence-electron chi connectivity index (χ4n) is 4.25. The van der Waals surface area contributed by atoms with Crippen molar-refractivity contribution in [3.63, 3.8) is 0 Å². The molecule has 0 spiro atoms. The highest BCUT2D eigenvalue weighted by Gasteiger charge is 2.16. The van der Waals surface area contributed by atoms with Crippen LogP contribution in [-0.4, -0.2) is 11.4 Å². The Morgan fingerprint density at radius 3 is 1.33 bits per heavy atom. The van der Waals surface area contributed by atoms with Gasteiger partial charge in [0, 0.05) is 10.8 Å². The van der Waals surface area contributed by atoms with Gasteiger partial charge in [-0.3, -0.25) is 9.98 Å². The first kappa shape index (κ1) is 23.1. The topological polar surface area (TPSA) is 24.7 Å². The Bertz CT molecular complexity index is 1240. The number of thiophene rings is 1. The number of hydrogen-bond acceptors (Lipinski definition) is 3. The van der Waals surface area contributed by atoms with E-state index < -0.39 is 0 Å². The van der Waals surface area contributed by atoms with Crippen LogP contribution in [0, 0.1) is 0 Å². The molecule has 0 atom stereocenters. The van der Waals surface area contributed by atoms with E-state index in [-0.39, 0.29) is 0 Å². The maximum atomic E-state index is 5.08. The van der Waals surface area contributed by atoms with Crippen LogP contribution < -0.4 is 0 Å². The summed E-state index contributed by atoms with van der Waals surface area (Å²) in [6, 6.07) is 25.5. The van der Waals surface area contributed by atoms with Gasteiger partial charge in [-0.05, 0) is 48.9 Å². The minimum absolute atomic E-state index is 0.434. The molecule has 0 saturated heterocycles. The molecule has 4 rings (SSSR count). The average molecular weight is 453 g/mol. The van der Waals surface area contributed by atoms with Crippen molar-refractivity contribution < 1.29 is 0 Å². The predicted molar refractivity (Wildman–Crippen MR) is 147 cm³/mol. The summed E-state index contributed by atoms with van der Waals surface area (Å²) in [5, 5.41) is 2.49. The lowest BCUT2D eigenvalue weighted by molar-refractivity contribution is 0.867. The van der Waals surface area contributed by atoms with Gasteiger partial charge in [0.05, 0.1) is 32.6 Å². The molecule has 0 aliphatic heterocycles. The standard InChI is InChI=1S/C30H32N2S/c1-19(2)23-13-9-11-17-27(23)31-21(5)29-25-15-7-8-16-26(25)30(33-29)22(6)32-28-18-12-10-14-24(28)20(3)4/h7-20H,1-6H3/b31-21+,32-22+. The summed E-state index contributed by atoms with van der Waals surface area (Å²) < 4.78 is 0. The van der Waals surface area contributed by atoms with Crippen molar-refractivity contribution in [2.75, 3.05) is 0 Å². The summed E-state index contributed by atoms with van der Waals surface area (Å²) in [6.07, 6.45) is 0. The lowest BCUT2D eigenvalue weighted by Gasteiger charge is -2.10. The highest BCUT2D eigenvalue weighted by Crippen LogP contribution is 2.35. The van der Waals surface area contributed by atoms with Crippen LogP contribution in [0.2, 0.25) is 0 Å². The molecule has 0 N–H and O–H groups in total. The van der Waals surface area contributed by atoms with E-state index in [4.69, 9.17) is 9.98 Å². The molecule has 0 aliphatic carbocycles. The highest BCUT2D eigenvalue weighted by atomic mass is 32.1.